The second-order valence-electron chi connectivity index (χ2n) is 11.2. The Bertz CT molecular complexity index is 1710. The lowest BCUT2D eigenvalue weighted by Gasteiger charge is -2.34. The zero-order valence-corrected chi connectivity index (χ0v) is 24.3. The summed E-state index contributed by atoms with van der Waals surface area (Å²) in [4.78, 5) is 33.3. The van der Waals surface area contributed by atoms with Crippen molar-refractivity contribution >= 4 is 17.5 Å². The molecule has 0 spiro atoms. The molecule has 10 heteroatoms. The minimum atomic E-state index is -4.50. The third-order valence-corrected chi connectivity index (χ3v) is 8.54. The average Bonchev–Trinajstić information content (AvgIpc) is 3.33. The number of aliphatic hydroxyl groups excluding tert-OH is 1. The second kappa shape index (κ2) is 11.9. The lowest BCUT2D eigenvalue weighted by Crippen LogP contribution is -2.49. The molecule has 0 unspecified atom stereocenters. The van der Waals surface area contributed by atoms with E-state index in [-0.39, 0.29) is 30.5 Å². The van der Waals surface area contributed by atoms with Crippen LogP contribution in [0.25, 0.3) is 11.1 Å². The number of aliphatic hydroxyl groups is 1. The summed E-state index contributed by atoms with van der Waals surface area (Å²) >= 11 is 0. The maximum absolute atomic E-state index is 14.1. The quantitative estimate of drug-likeness (QED) is 0.331. The smallest absolute Gasteiger partial charge is 0.395 e. The van der Waals surface area contributed by atoms with Gasteiger partial charge in [-0.15, -0.1) is 0 Å². The molecule has 0 aliphatic carbocycles. The number of aromatic nitrogens is 1. The van der Waals surface area contributed by atoms with E-state index in [1.807, 2.05) is 45.9 Å². The van der Waals surface area contributed by atoms with Gasteiger partial charge in [-0.2, -0.15) is 13.2 Å². The molecular weight excluding hydrogens is 569 g/mol. The number of nitrogens with zero attached hydrogens (tertiary/aromatic N) is 4. The molecule has 3 heterocycles. The van der Waals surface area contributed by atoms with E-state index in [9.17, 15) is 27.9 Å². The number of para-hydroxylation sites is 1. The van der Waals surface area contributed by atoms with Gasteiger partial charge in [-0.05, 0) is 65.6 Å². The van der Waals surface area contributed by atoms with Crippen LogP contribution in [0.5, 0.6) is 0 Å². The van der Waals surface area contributed by atoms with Crippen LogP contribution in [0.3, 0.4) is 0 Å². The summed E-state index contributed by atoms with van der Waals surface area (Å²) in [5, 5.41) is 9.23. The number of hydrogen-bond acceptors (Lipinski definition) is 4. The third kappa shape index (κ3) is 5.62. The van der Waals surface area contributed by atoms with Crippen LogP contribution in [0.2, 0.25) is 0 Å². The van der Waals surface area contributed by atoms with Crippen LogP contribution in [-0.4, -0.2) is 70.6 Å². The van der Waals surface area contributed by atoms with E-state index in [4.69, 9.17) is 0 Å². The number of amides is 2. The van der Waals surface area contributed by atoms with Crippen molar-refractivity contribution in [3.05, 3.63) is 113 Å². The SMILES string of the molecule is Cc1cc(C(=O)N2Cc3ccc(C(=O)N4CCN(CCO)CC4)n3Cc3ccccc32)ccc1-c1ccccc1C(F)(F)F. The van der Waals surface area contributed by atoms with Crippen LogP contribution in [-0.2, 0) is 19.3 Å². The minimum absolute atomic E-state index is 0.0671. The van der Waals surface area contributed by atoms with Gasteiger partial charge in [0.1, 0.15) is 5.69 Å². The highest BCUT2D eigenvalue weighted by atomic mass is 19.4. The predicted octanol–water partition coefficient (Wildman–Crippen LogP) is 5.44. The molecule has 2 aliphatic rings. The van der Waals surface area contributed by atoms with Crippen LogP contribution in [0.15, 0.2) is 78.9 Å². The largest absolute Gasteiger partial charge is 0.417 e. The van der Waals surface area contributed by atoms with Crippen molar-refractivity contribution in [2.75, 3.05) is 44.2 Å². The van der Waals surface area contributed by atoms with E-state index in [0.29, 0.717) is 61.7 Å². The van der Waals surface area contributed by atoms with Gasteiger partial charge < -0.3 is 19.5 Å². The van der Waals surface area contributed by atoms with Gasteiger partial charge in [-0.1, -0.05) is 42.5 Å². The van der Waals surface area contributed by atoms with E-state index in [1.165, 1.54) is 12.1 Å². The average molecular weight is 603 g/mol. The molecule has 2 aliphatic heterocycles. The Morgan fingerprint density at radius 2 is 1.55 bits per heavy atom. The topological polar surface area (TPSA) is 69.0 Å². The number of rotatable bonds is 5. The number of anilines is 1. The Kier molecular flexibility index (Phi) is 8.04. The van der Waals surface area contributed by atoms with Gasteiger partial charge >= 0.3 is 6.18 Å². The number of halogens is 3. The van der Waals surface area contributed by atoms with Crippen LogP contribution >= 0.6 is 0 Å². The molecule has 2 amide bonds. The summed E-state index contributed by atoms with van der Waals surface area (Å²) in [6.45, 7) is 5.58. The molecule has 1 N–H and O–H groups in total. The molecule has 1 fully saturated rings. The summed E-state index contributed by atoms with van der Waals surface area (Å²) in [5.41, 5.74) is 3.66. The van der Waals surface area contributed by atoms with Crippen molar-refractivity contribution in [1.29, 1.82) is 0 Å². The van der Waals surface area contributed by atoms with Crippen molar-refractivity contribution in [3.8, 4) is 11.1 Å². The summed E-state index contributed by atoms with van der Waals surface area (Å²) in [6.07, 6.45) is -4.50. The predicted molar refractivity (Wildman–Crippen MR) is 162 cm³/mol. The Morgan fingerprint density at radius 1 is 0.818 bits per heavy atom. The first-order valence-corrected chi connectivity index (χ1v) is 14.6. The zero-order chi connectivity index (χ0) is 31.0. The monoisotopic (exact) mass is 602 g/mol. The van der Waals surface area contributed by atoms with Crippen LogP contribution < -0.4 is 4.90 Å². The Balaban J connectivity index is 1.30. The molecule has 6 rings (SSSR count). The molecule has 1 saturated heterocycles. The molecule has 7 nitrogen and oxygen atoms in total. The van der Waals surface area contributed by atoms with Crippen LogP contribution in [0, 0.1) is 6.92 Å². The molecule has 0 radical (unpaired) electrons. The number of β-amino-alcohol motifs (C(OH)–C–C–N with tert-alkyl or cyclic N) is 1. The van der Waals surface area contributed by atoms with Gasteiger partial charge in [0.05, 0.1) is 25.3 Å². The van der Waals surface area contributed by atoms with E-state index in [0.717, 1.165) is 23.0 Å². The summed E-state index contributed by atoms with van der Waals surface area (Å²) < 4.78 is 43.1. The molecule has 1 aromatic heterocycles. The highest BCUT2D eigenvalue weighted by Gasteiger charge is 2.34. The number of carbonyl (C=O) groups is 2. The van der Waals surface area contributed by atoms with Crippen molar-refractivity contribution < 1.29 is 27.9 Å². The van der Waals surface area contributed by atoms with Gasteiger partial charge in [-0.25, -0.2) is 0 Å². The Labute approximate surface area is 253 Å². The summed E-state index contributed by atoms with van der Waals surface area (Å²) in [6, 6.07) is 21.5. The van der Waals surface area contributed by atoms with Crippen molar-refractivity contribution in [3.63, 3.8) is 0 Å². The van der Waals surface area contributed by atoms with E-state index in [1.54, 1.807) is 36.1 Å². The first-order chi connectivity index (χ1) is 21.2. The number of carbonyl (C=O) groups excluding carboxylic acids is 2. The fourth-order valence-corrected chi connectivity index (χ4v) is 6.23. The van der Waals surface area contributed by atoms with Gasteiger partial charge in [-0.3, -0.25) is 14.5 Å². The highest BCUT2D eigenvalue weighted by Crippen LogP contribution is 2.38. The molecular formula is C34H33F3N4O3. The fourth-order valence-electron chi connectivity index (χ4n) is 6.23. The van der Waals surface area contributed by atoms with Gasteiger partial charge in [0.2, 0.25) is 0 Å². The van der Waals surface area contributed by atoms with Crippen LogP contribution in [0.4, 0.5) is 18.9 Å². The molecule has 44 heavy (non-hydrogen) atoms. The standard InChI is InChI=1S/C34H33F3N4O3/c1-23-20-24(10-12-27(23)28-7-3-4-8-29(28)34(35,36)37)32(43)41-22-26-11-13-31(40(26)21-25-6-2-5-9-30(25)41)33(44)39-16-14-38(15-17-39)18-19-42/h2-13,20,42H,14-19,21-22H2,1H3. The third-order valence-electron chi connectivity index (χ3n) is 8.54. The molecule has 0 saturated carbocycles. The van der Waals surface area contributed by atoms with Crippen LogP contribution in [0.1, 0.15) is 43.2 Å². The first kappa shape index (κ1) is 29.7. The van der Waals surface area contributed by atoms with Gasteiger partial charge in [0.15, 0.2) is 0 Å². The normalized spacial score (nSPS) is 15.5. The fraction of sp³-hybridized carbons (Fsp3) is 0.294. The zero-order valence-electron chi connectivity index (χ0n) is 24.3. The summed E-state index contributed by atoms with van der Waals surface area (Å²) in [5.74, 6) is -0.346. The molecule has 3 aromatic carbocycles. The highest BCUT2D eigenvalue weighted by molar-refractivity contribution is 6.07. The van der Waals surface area contributed by atoms with Crippen molar-refractivity contribution in [1.82, 2.24) is 14.4 Å². The maximum Gasteiger partial charge on any atom is 0.417 e. The minimum Gasteiger partial charge on any atom is -0.395 e. The first-order valence-electron chi connectivity index (χ1n) is 14.6. The Morgan fingerprint density at radius 3 is 2.27 bits per heavy atom. The molecule has 228 valence electrons. The van der Waals surface area contributed by atoms with E-state index in [2.05, 4.69) is 4.90 Å². The number of piperazine rings is 1. The summed E-state index contributed by atoms with van der Waals surface area (Å²) in [7, 11) is 0. The molecule has 4 aromatic rings. The Hall–Kier alpha value is -4.41. The number of aryl methyl sites for hydroxylation is 1. The lowest BCUT2D eigenvalue weighted by atomic mass is 9.94. The molecule has 0 atom stereocenters. The van der Waals surface area contributed by atoms with Crippen molar-refractivity contribution in [2.24, 2.45) is 0 Å². The van der Waals surface area contributed by atoms with Gasteiger partial charge in [0.25, 0.3) is 11.8 Å². The van der Waals surface area contributed by atoms with E-state index < -0.39 is 11.7 Å². The van der Waals surface area contributed by atoms with E-state index >= 15 is 0 Å². The number of alkyl halides is 3. The number of benzene rings is 3. The van der Waals surface area contributed by atoms with Crippen molar-refractivity contribution in [2.45, 2.75) is 26.2 Å². The maximum atomic E-state index is 14.1. The van der Waals surface area contributed by atoms with Gasteiger partial charge in [0, 0.05) is 49.7 Å². The lowest BCUT2D eigenvalue weighted by molar-refractivity contribution is -0.137. The second-order valence-corrected chi connectivity index (χ2v) is 11.2. The molecule has 0 bridgehead atoms. The number of fused-ring (bicyclic) bond motifs is 2. The number of hydrogen-bond donors (Lipinski definition) is 1.